The van der Waals surface area contributed by atoms with Crippen LogP contribution in [0.1, 0.15) is 55.5 Å². The molecule has 0 heterocycles. The Morgan fingerprint density at radius 2 is 1.73 bits per heavy atom. The van der Waals surface area contributed by atoms with Crippen LogP contribution < -0.4 is 11.1 Å². The molecule has 4 nitrogen and oxygen atoms in total. The molecule has 0 aromatic heterocycles. The van der Waals surface area contributed by atoms with Crippen LogP contribution in [-0.2, 0) is 11.8 Å². The second-order valence-corrected chi connectivity index (χ2v) is 9.38. The topological polar surface area (TPSA) is 53.6 Å². The third kappa shape index (κ3) is 6.64. The number of hydrogen-bond acceptors (Lipinski definition) is 2. The van der Waals surface area contributed by atoms with Crippen LogP contribution in [0.4, 0.5) is 5.69 Å². The van der Waals surface area contributed by atoms with Gasteiger partial charge >= 0.3 is 0 Å². The maximum atomic E-state index is 6.20. The Labute approximate surface area is 187 Å². The van der Waals surface area contributed by atoms with E-state index >= 15 is 0 Å². The van der Waals surface area contributed by atoms with Gasteiger partial charge in [0, 0.05) is 17.8 Å². The normalized spacial score (nSPS) is 12.3. The predicted octanol–water partition coefficient (Wildman–Crippen LogP) is 5.20. The number of anilines is 1. The minimum Gasteiger partial charge on any atom is -0.383 e. The van der Waals surface area contributed by atoms with Crippen LogP contribution in [0.3, 0.4) is 0 Å². The maximum absolute atomic E-state index is 6.20. The minimum atomic E-state index is 0.106. The van der Waals surface area contributed by atoms with Gasteiger partial charge in [0.15, 0.2) is 5.11 Å². The summed E-state index contributed by atoms with van der Waals surface area (Å²) in [5, 5.41) is 3.61. The van der Waals surface area contributed by atoms with Crippen molar-refractivity contribution < 1.29 is 0 Å². The fourth-order valence-electron chi connectivity index (χ4n) is 3.21. The molecule has 0 amide bonds. The number of hydrogen-bond donors (Lipinski definition) is 2. The monoisotopic (exact) mass is 424 g/mol. The van der Waals surface area contributed by atoms with E-state index in [9.17, 15) is 0 Å². The summed E-state index contributed by atoms with van der Waals surface area (Å²) in [6, 6.07) is 12.6. The summed E-state index contributed by atoms with van der Waals surface area (Å²) in [5.74, 6) is 0.418. The molecule has 0 bridgehead atoms. The summed E-state index contributed by atoms with van der Waals surface area (Å²) in [7, 11) is 2.15. The average Bonchev–Trinajstić information content (AvgIpc) is 2.68. The molecule has 0 saturated heterocycles. The first-order valence-electron chi connectivity index (χ1n) is 10.6. The summed E-state index contributed by atoms with van der Waals surface area (Å²) in [6.07, 6.45) is 1.04. The van der Waals surface area contributed by atoms with Crippen molar-refractivity contribution in [3.8, 4) is 0 Å². The fourth-order valence-corrected chi connectivity index (χ4v) is 3.42. The third-order valence-electron chi connectivity index (χ3n) is 5.50. The number of thiocarbonyl (C=S) groups is 1. The quantitative estimate of drug-likeness (QED) is 0.380. The zero-order valence-corrected chi connectivity index (χ0v) is 20.3. The van der Waals surface area contributed by atoms with Crippen LogP contribution in [0.25, 0.3) is 0 Å². The molecule has 0 aliphatic heterocycles. The molecule has 2 aromatic rings. The Balaban J connectivity index is 2.10. The van der Waals surface area contributed by atoms with Crippen molar-refractivity contribution in [2.75, 3.05) is 25.5 Å². The molecule has 0 fully saturated rings. The minimum absolute atomic E-state index is 0.106. The van der Waals surface area contributed by atoms with E-state index in [1.165, 1.54) is 16.7 Å². The molecular weight excluding hydrogens is 388 g/mol. The number of likely N-dealkylation sites (N-methyl/N-ethyl adjacent to an activating group) is 1. The van der Waals surface area contributed by atoms with Crippen molar-refractivity contribution in [3.63, 3.8) is 0 Å². The molecule has 162 valence electrons. The third-order valence-corrected chi connectivity index (χ3v) is 5.69. The molecule has 5 heteroatoms. The molecule has 30 heavy (non-hydrogen) atoms. The largest absolute Gasteiger partial charge is 0.383 e. The van der Waals surface area contributed by atoms with Gasteiger partial charge in [-0.05, 0) is 79.8 Å². The van der Waals surface area contributed by atoms with Gasteiger partial charge in [-0.2, -0.15) is 0 Å². The lowest BCUT2D eigenvalue weighted by Crippen LogP contribution is -2.21. The number of nitrogens with zero attached hydrogens (tertiary/aromatic N) is 2. The van der Waals surface area contributed by atoms with E-state index in [-0.39, 0.29) is 5.41 Å². The van der Waals surface area contributed by atoms with E-state index in [4.69, 9.17) is 18.0 Å². The SMILES string of the molecule is CCN(C)CCc1cc(C)c(NC(=S)/N=C(\N)c2ccc(C(C)(C)C)cc2)cc1C. The highest BCUT2D eigenvalue weighted by molar-refractivity contribution is 7.80. The van der Waals surface area contributed by atoms with Gasteiger partial charge in [0.1, 0.15) is 5.84 Å². The molecule has 0 saturated carbocycles. The predicted molar refractivity (Wildman–Crippen MR) is 135 cm³/mol. The zero-order valence-electron chi connectivity index (χ0n) is 19.5. The van der Waals surface area contributed by atoms with Crippen LogP contribution in [0.15, 0.2) is 41.4 Å². The van der Waals surface area contributed by atoms with E-state index in [1.807, 2.05) is 12.1 Å². The van der Waals surface area contributed by atoms with Crippen molar-refractivity contribution in [2.24, 2.45) is 10.7 Å². The Morgan fingerprint density at radius 1 is 1.10 bits per heavy atom. The van der Waals surface area contributed by atoms with E-state index in [1.54, 1.807) is 0 Å². The van der Waals surface area contributed by atoms with Gasteiger partial charge in [-0.25, -0.2) is 4.99 Å². The lowest BCUT2D eigenvalue weighted by molar-refractivity contribution is 0.357. The number of aryl methyl sites for hydroxylation is 2. The Bertz CT molecular complexity index is 908. The highest BCUT2D eigenvalue weighted by Crippen LogP contribution is 2.23. The number of aliphatic imine (C=N–C) groups is 1. The summed E-state index contributed by atoms with van der Waals surface area (Å²) < 4.78 is 0. The first kappa shape index (κ1) is 24.0. The number of amidine groups is 1. The fraction of sp³-hybridized carbons (Fsp3) is 0.440. The molecule has 0 atom stereocenters. The number of benzene rings is 2. The number of nitrogens with two attached hydrogens (primary N) is 1. The summed E-state index contributed by atoms with van der Waals surface area (Å²) in [4.78, 5) is 6.73. The molecule has 0 radical (unpaired) electrons. The highest BCUT2D eigenvalue weighted by Gasteiger charge is 2.13. The van der Waals surface area contributed by atoms with E-state index < -0.39 is 0 Å². The molecule has 0 spiro atoms. The van der Waals surface area contributed by atoms with Gasteiger partial charge < -0.3 is 16.0 Å². The zero-order chi connectivity index (χ0) is 22.5. The van der Waals surface area contributed by atoms with Crippen LogP contribution in [0, 0.1) is 13.8 Å². The molecule has 0 unspecified atom stereocenters. The molecular formula is C25H36N4S. The van der Waals surface area contributed by atoms with Crippen molar-refractivity contribution >= 4 is 28.9 Å². The van der Waals surface area contributed by atoms with E-state index in [2.05, 4.69) is 88.1 Å². The molecule has 3 N–H and O–H groups in total. The van der Waals surface area contributed by atoms with Crippen molar-refractivity contribution in [1.82, 2.24) is 4.90 Å². The lowest BCUT2D eigenvalue weighted by atomic mass is 9.87. The van der Waals surface area contributed by atoms with Crippen LogP contribution >= 0.6 is 12.2 Å². The van der Waals surface area contributed by atoms with Crippen molar-refractivity contribution in [1.29, 1.82) is 0 Å². The molecule has 2 aromatic carbocycles. The van der Waals surface area contributed by atoms with Gasteiger partial charge in [-0.1, -0.05) is 58.0 Å². The van der Waals surface area contributed by atoms with Gasteiger partial charge in [0.25, 0.3) is 0 Å². The van der Waals surface area contributed by atoms with Crippen LogP contribution in [0.5, 0.6) is 0 Å². The maximum Gasteiger partial charge on any atom is 0.199 e. The van der Waals surface area contributed by atoms with Crippen LogP contribution in [-0.4, -0.2) is 36.0 Å². The van der Waals surface area contributed by atoms with E-state index in [0.29, 0.717) is 10.9 Å². The summed E-state index contributed by atoms with van der Waals surface area (Å²) >= 11 is 5.45. The Morgan fingerprint density at radius 3 is 2.30 bits per heavy atom. The number of rotatable bonds is 6. The average molecular weight is 425 g/mol. The second kappa shape index (κ2) is 10.2. The van der Waals surface area contributed by atoms with Crippen LogP contribution in [0.2, 0.25) is 0 Å². The lowest BCUT2D eigenvalue weighted by Gasteiger charge is -2.19. The Hall–Kier alpha value is -2.24. The first-order chi connectivity index (χ1) is 14.0. The summed E-state index contributed by atoms with van der Waals surface area (Å²) in [5.41, 5.74) is 13.2. The van der Waals surface area contributed by atoms with Gasteiger partial charge in [0.2, 0.25) is 0 Å². The molecule has 0 aliphatic carbocycles. The van der Waals surface area contributed by atoms with E-state index in [0.717, 1.165) is 36.3 Å². The van der Waals surface area contributed by atoms with Gasteiger partial charge in [-0.3, -0.25) is 0 Å². The Kier molecular flexibility index (Phi) is 8.16. The number of nitrogens with one attached hydrogen (secondary N) is 1. The molecule has 0 aliphatic rings. The van der Waals surface area contributed by atoms with Gasteiger partial charge in [-0.15, -0.1) is 0 Å². The van der Waals surface area contributed by atoms with Gasteiger partial charge in [0.05, 0.1) is 0 Å². The smallest absolute Gasteiger partial charge is 0.199 e. The standard InChI is InChI=1S/C25H36N4S/c1-8-29(7)14-13-20-15-18(3)22(16-17(20)2)27-24(30)28-23(26)19-9-11-21(12-10-19)25(4,5)6/h9-12,15-16H,8,13-14H2,1-7H3,(H3,26,27,28,30). The summed E-state index contributed by atoms with van der Waals surface area (Å²) in [6.45, 7) is 15.1. The van der Waals surface area contributed by atoms with Crippen molar-refractivity contribution in [2.45, 2.75) is 53.4 Å². The van der Waals surface area contributed by atoms with Crippen molar-refractivity contribution in [3.05, 3.63) is 64.2 Å². The first-order valence-corrected chi connectivity index (χ1v) is 11.0. The highest BCUT2D eigenvalue weighted by atomic mass is 32.1. The second-order valence-electron chi connectivity index (χ2n) is 8.99. The molecule has 2 rings (SSSR count).